The molecule has 0 unspecified atom stereocenters. The molecule has 0 aliphatic heterocycles. The minimum Gasteiger partial charge on any atom is -0.480 e. The number of aliphatic carboxylic acids is 1. The summed E-state index contributed by atoms with van der Waals surface area (Å²) in [7, 11) is 0. The maximum Gasteiger partial charge on any atom is 0.320 e. The first-order valence-electron chi connectivity index (χ1n) is 3.86. The van der Waals surface area contributed by atoms with E-state index in [1.165, 1.54) is 12.3 Å². The van der Waals surface area contributed by atoms with Crippen LogP contribution in [0.3, 0.4) is 0 Å². The van der Waals surface area contributed by atoms with E-state index in [9.17, 15) is 9.59 Å². The van der Waals surface area contributed by atoms with Crippen LogP contribution in [0.4, 0.5) is 0 Å². The van der Waals surface area contributed by atoms with Crippen molar-refractivity contribution in [2.24, 2.45) is 5.73 Å². The third-order valence-corrected chi connectivity index (χ3v) is 1.97. The van der Waals surface area contributed by atoms with Crippen molar-refractivity contribution in [2.75, 3.05) is 0 Å². The number of pyridine rings is 1. The van der Waals surface area contributed by atoms with Gasteiger partial charge in [0.25, 0.3) is 5.56 Å². The maximum absolute atomic E-state index is 10.9. The Balaban J connectivity index is 2.83. The molecule has 0 saturated carbocycles. The Morgan fingerprint density at radius 3 is 2.86 bits per heavy atom. The van der Waals surface area contributed by atoms with Crippen molar-refractivity contribution in [2.45, 2.75) is 12.5 Å². The van der Waals surface area contributed by atoms with Gasteiger partial charge in [-0.1, -0.05) is 11.6 Å². The largest absolute Gasteiger partial charge is 0.480 e. The molecule has 6 heteroatoms. The lowest BCUT2D eigenvalue weighted by atomic mass is 10.1. The van der Waals surface area contributed by atoms with E-state index in [1.807, 2.05) is 0 Å². The lowest BCUT2D eigenvalue weighted by Gasteiger charge is -2.05. The molecule has 0 aliphatic rings. The molecule has 1 rings (SSSR count). The molecule has 76 valence electrons. The van der Waals surface area contributed by atoms with Crippen LogP contribution >= 0.6 is 11.6 Å². The number of carbonyl (C=O) groups is 1. The quantitative estimate of drug-likeness (QED) is 0.662. The third kappa shape index (κ3) is 2.58. The van der Waals surface area contributed by atoms with Crippen LogP contribution in [0.25, 0.3) is 0 Å². The van der Waals surface area contributed by atoms with Crippen LogP contribution in [0.5, 0.6) is 0 Å². The summed E-state index contributed by atoms with van der Waals surface area (Å²) in [4.78, 5) is 23.7. The Labute approximate surface area is 84.5 Å². The number of rotatable bonds is 3. The van der Waals surface area contributed by atoms with Crippen molar-refractivity contribution < 1.29 is 9.90 Å². The highest BCUT2D eigenvalue weighted by molar-refractivity contribution is 6.30. The van der Waals surface area contributed by atoms with Gasteiger partial charge in [0.15, 0.2) is 0 Å². The highest BCUT2D eigenvalue weighted by atomic mass is 35.5. The molecule has 0 bridgehead atoms. The molecule has 0 aromatic carbocycles. The summed E-state index contributed by atoms with van der Waals surface area (Å²) >= 11 is 5.54. The first-order valence-corrected chi connectivity index (χ1v) is 4.24. The fourth-order valence-electron chi connectivity index (χ4n) is 0.956. The van der Waals surface area contributed by atoms with E-state index in [2.05, 4.69) is 4.98 Å². The highest BCUT2D eigenvalue weighted by Crippen LogP contribution is 2.05. The topological polar surface area (TPSA) is 96.2 Å². The number of carboxylic acid groups (broad SMARTS) is 1. The van der Waals surface area contributed by atoms with Crippen LogP contribution in [0, 0.1) is 0 Å². The number of aromatic amines is 1. The molecule has 5 nitrogen and oxygen atoms in total. The number of aromatic nitrogens is 1. The van der Waals surface area contributed by atoms with Gasteiger partial charge in [-0.15, -0.1) is 0 Å². The summed E-state index contributed by atoms with van der Waals surface area (Å²) in [6.07, 6.45) is 1.53. The van der Waals surface area contributed by atoms with Crippen LogP contribution < -0.4 is 11.3 Å². The van der Waals surface area contributed by atoms with E-state index < -0.39 is 17.6 Å². The number of hydrogen-bond donors (Lipinski definition) is 3. The Kier molecular flexibility index (Phi) is 3.27. The molecule has 1 aromatic heterocycles. The van der Waals surface area contributed by atoms with Crippen LogP contribution in [0.1, 0.15) is 5.56 Å². The van der Waals surface area contributed by atoms with Crippen molar-refractivity contribution >= 4 is 17.6 Å². The average molecular weight is 217 g/mol. The maximum atomic E-state index is 10.9. The molecular weight excluding hydrogens is 208 g/mol. The zero-order valence-corrected chi connectivity index (χ0v) is 7.91. The Hall–Kier alpha value is -1.33. The lowest BCUT2D eigenvalue weighted by molar-refractivity contribution is -0.138. The van der Waals surface area contributed by atoms with Gasteiger partial charge in [0.2, 0.25) is 0 Å². The molecule has 0 fully saturated rings. The normalized spacial score (nSPS) is 12.4. The van der Waals surface area contributed by atoms with Crippen molar-refractivity contribution in [3.8, 4) is 0 Å². The van der Waals surface area contributed by atoms with Gasteiger partial charge < -0.3 is 15.8 Å². The molecule has 0 amide bonds. The summed E-state index contributed by atoms with van der Waals surface area (Å²) in [5.74, 6) is -1.09. The van der Waals surface area contributed by atoms with Crippen molar-refractivity contribution in [1.82, 2.24) is 4.98 Å². The summed E-state index contributed by atoms with van der Waals surface area (Å²) in [6, 6.07) is 0.417. The van der Waals surface area contributed by atoms with Crippen molar-refractivity contribution in [1.29, 1.82) is 0 Å². The Morgan fingerprint density at radius 1 is 1.71 bits per heavy atom. The van der Waals surface area contributed by atoms with Gasteiger partial charge in [0, 0.05) is 6.20 Å². The van der Waals surface area contributed by atoms with E-state index in [0.717, 1.165) is 0 Å². The standard InChI is InChI=1S/C8H9ClN2O3/c9-5-1-4(3-11-7(5)12)2-6(10)8(13)14/h1,3,6H,2,10H2,(H,11,12)(H,13,14)/t6-/m0/s1. The molecule has 14 heavy (non-hydrogen) atoms. The monoisotopic (exact) mass is 216 g/mol. The van der Waals surface area contributed by atoms with Crippen molar-refractivity contribution in [3.63, 3.8) is 0 Å². The first-order chi connectivity index (χ1) is 6.50. The van der Waals surface area contributed by atoms with E-state index in [4.69, 9.17) is 22.4 Å². The number of carboxylic acids is 1. The zero-order valence-electron chi connectivity index (χ0n) is 7.16. The van der Waals surface area contributed by atoms with E-state index in [1.54, 1.807) is 0 Å². The smallest absolute Gasteiger partial charge is 0.320 e. The van der Waals surface area contributed by atoms with Crippen LogP contribution in [-0.2, 0) is 11.2 Å². The highest BCUT2D eigenvalue weighted by Gasteiger charge is 2.12. The fourth-order valence-corrected chi connectivity index (χ4v) is 1.15. The van der Waals surface area contributed by atoms with E-state index in [0.29, 0.717) is 5.56 Å². The predicted molar refractivity (Wildman–Crippen MR) is 51.4 cm³/mol. The minimum atomic E-state index is -1.09. The number of H-pyrrole nitrogens is 1. The van der Waals surface area contributed by atoms with Crippen LogP contribution in [0.2, 0.25) is 5.02 Å². The summed E-state index contributed by atoms with van der Waals surface area (Å²) in [5.41, 5.74) is 5.49. The third-order valence-electron chi connectivity index (χ3n) is 1.69. The molecule has 1 aromatic rings. The summed E-state index contributed by atoms with van der Waals surface area (Å²) < 4.78 is 0. The second kappa shape index (κ2) is 4.26. The number of nitrogens with one attached hydrogen (secondary N) is 1. The number of hydrogen-bond acceptors (Lipinski definition) is 3. The molecule has 1 heterocycles. The lowest BCUT2D eigenvalue weighted by Crippen LogP contribution is -2.32. The molecule has 0 aliphatic carbocycles. The van der Waals surface area contributed by atoms with Crippen molar-refractivity contribution in [3.05, 3.63) is 33.2 Å². The molecular formula is C8H9ClN2O3. The van der Waals surface area contributed by atoms with Gasteiger partial charge in [-0.3, -0.25) is 9.59 Å². The van der Waals surface area contributed by atoms with Crippen LogP contribution in [0.15, 0.2) is 17.1 Å². The van der Waals surface area contributed by atoms with Gasteiger partial charge in [0.1, 0.15) is 11.1 Å². The zero-order chi connectivity index (χ0) is 10.7. The molecule has 4 N–H and O–H groups in total. The fraction of sp³-hybridized carbons (Fsp3) is 0.250. The number of halogens is 1. The van der Waals surface area contributed by atoms with Gasteiger partial charge in [-0.2, -0.15) is 0 Å². The second-order valence-electron chi connectivity index (χ2n) is 2.83. The van der Waals surface area contributed by atoms with E-state index >= 15 is 0 Å². The Bertz CT molecular complexity index is 402. The van der Waals surface area contributed by atoms with Gasteiger partial charge >= 0.3 is 5.97 Å². The van der Waals surface area contributed by atoms with Gasteiger partial charge in [-0.05, 0) is 18.1 Å². The SMILES string of the molecule is N[C@@H](Cc1c[nH]c(=O)c(Cl)c1)C(=O)O. The first kappa shape index (κ1) is 10.7. The van der Waals surface area contributed by atoms with Gasteiger partial charge in [0.05, 0.1) is 0 Å². The molecule has 0 spiro atoms. The molecule has 1 atom stereocenters. The number of nitrogens with two attached hydrogens (primary N) is 1. The summed E-state index contributed by atoms with van der Waals surface area (Å²) in [6.45, 7) is 0. The summed E-state index contributed by atoms with van der Waals surface area (Å²) in [5, 5.41) is 8.57. The molecule has 0 radical (unpaired) electrons. The second-order valence-corrected chi connectivity index (χ2v) is 3.24. The average Bonchev–Trinajstić information content (AvgIpc) is 2.11. The Morgan fingerprint density at radius 2 is 2.36 bits per heavy atom. The van der Waals surface area contributed by atoms with E-state index in [-0.39, 0.29) is 11.4 Å². The minimum absolute atomic E-state index is 0.0279. The predicted octanol–water partition coefficient (Wildman–Crippen LogP) is -0.0173. The molecule has 0 saturated heterocycles. The van der Waals surface area contributed by atoms with Gasteiger partial charge in [-0.25, -0.2) is 0 Å². The van der Waals surface area contributed by atoms with Crippen LogP contribution in [-0.4, -0.2) is 22.1 Å².